The largest absolute Gasteiger partial charge is 0.237 e. The summed E-state index contributed by atoms with van der Waals surface area (Å²) in [4.78, 5) is 0.895. The summed E-state index contributed by atoms with van der Waals surface area (Å²) in [7, 11) is -1.05. The van der Waals surface area contributed by atoms with Gasteiger partial charge in [-0.2, -0.15) is 0 Å². The highest BCUT2D eigenvalue weighted by Crippen LogP contribution is 2.36. The first kappa shape index (κ1) is 12.6. The van der Waals surface area contributed by atoms with Crippen molar-refractivity contribution in [2.75, 3.05) is 6.54 Å². The van der Waals surface area contributed by atoms with E-state index in [4.69, 9.17) is 0 Å². The van der Waals surface area contributed by atoms with Crippen molar-refractivity contribution < 1.29 is 4.21 Å². The van der Waals surface area contributed by atoms with Gasteiger partial charge in [-0.3, -0.25) is 0 Å². The van der Waals surface area contributed by atoms with Crippen LogP contribution >= 0.6 is 0 Å². The van der Waals surface area contributed by atoms with Crippen molar-refractivity contribution >= 4 is 11.0 Å². The van der Waals surface area contributed by atoms with E-state index >= 15 is 0 Å². The first-order valence-corrected chi connectivity index (χ1v) is 7.66. The molecule has 1 saturated heterocycles. The second kappa shape index (κ2) is 5.27. The molecule has 2 nitrogen and oxygen atoms in total. The fraction of sp³-hybridized carbons (Fsp3) is 0.250. The molecule has 19 heavy (non-hydrogen) atoms. The van der Waals surface area contributed by atoms with Gasteiger partial charge in [0.15, 0.2) is 0 Å². The van der Waals surface area contributed by atoms with Crippen LogP contribution in [0.4, 0.5) is 0 Å². The fourth-order valence-electron chi connectivity index (χ4n) is 2.36. The van der Waals surface area contributed by atoms with Gasteiger partial charge in [0.05, 0.1) is 4.90 Å². The van der Waals surface area contributed by atoms with E-state index in [0.717, 1.165) is 17.9 Å². The van der Waals surface area contributed by atoms with Crippen LogP contribution in [-0.2, 0) is 11.0 Å². The molecule has 0 aliphatic carbocycles. The van der Waals surface area contributed by atoms with Crippen molar-refractivity contribution in [1.29, 1.82) is 0 Å². The van der Waals surface area contributed by atoms with Gasteiger partial charge < -0.3 is 0 Å². The van der Waals surface area contributed by atoms with Crippen LogP contribution in [0.5, 0.6) is 0 Å². The van der Waals surface area contributed by atoms with E-state index in [0.29, 0.717) is 6.04 Å². The van der Waals surface area contributed by atoms with Gasteiger partial charge in [0, 0.05) is 12.6 Å². The second-order valence-corrected chi connectivity index (χ2v) is 6.36. The molecule has 0 aromatic heterocycles. The molecule has 2 aromatic carbocycles. The van der Waals surface area contributed by atoms with E-state index < -0.39 is 11.0 Å². The minimum atomic E-state index is -1.05. The van der Waals surface area contributed by atoms with E-state index in [1.54, 1.807) is 0 Å². The lowest BCUT2D eigenvalue weighted by Gasteiger charge is -2.39. The Balaban J connectivity index is 1.80. The van der Waals surface area contributed by atoms with Gasteiger partial charge >= 0.3 is 0 Å². The maximum atomic E-state index is 12.6. The first-order chi connectivity index (χ1) is 9.25. The van der Waals surface area contributed by atoms with Crippen LogP contribution in [0, 0.1) is 6.92 Å². The van der Waals surface area contributed by atoms with Crippen molar-refractivity contribution in [2.24, 2.45) is 0 Å². The number of benzene rings is 2. The molecule has 2 aromatic rings. The lowest BCUT2D eigenvalue weighted by atomic mass is 9.98. The molecule has 3 rings (SSSR count). The summed E-state index contributed by atoms with van der Waals surface area (Å²) < 4.78 is 14.6. The first-order valence-electron chi connectivity index (χ1n) is 6.56. The highest BCUT2D eigenvalue weighted by molar-refractivity contribution is 7.82. The van der Waals surface area contributed by atoms with Crippen LogP contribution in [-0.4, -0.2) is 15.1 Å². The third-order valence-electron chi connectivity index (χ3n) is 3.59. The van der Waals surface area contributed by atoms with Crippen molar-refractivity contribution in [3.05, 3.63) is 65.7 Å². The Hall–Kier alpha value is -1.45. The van der Waals surface area contributed by atoms with Gasteiger partial charge in [0.25, 0.3) is 0 Å². The van der Waals surface area contributed by atoms with Gasteiger partial charge in [-0.25, -0.2) is 8.51 Å². The van der Waals surface area contributed by atoms with Gasteiger partial charge in [0.2, 0.25) is 0 Å². The minimum absolute atomic E-state index is 0.295. The normalized spacial score (nSPS) is 20.8. The third-order valence-corrected chi connectivity index (χ3v) is 5.13. The minimum Gasteiger partial charge on any atom is -0.237 e. The molecule has 0 radical (unpaired) electrons. The average Bonchev–Trinajstić information content (AvgIpc) is 2.39. The lowest BCUT2D eigenvalue weighted by Crippen LogP contribution is -2.41. The van der Waals surface area contributed by atoms with Crippen molar-refractivity contribution in [3.63, 3.8) is 0 Å². The highest BCUT2D eigenvalue weighted by atomic mass is 32.2. The average molecular weight is 271 g/mol. The van der Waals surface area contributed by atoms with Crippen LogP contribution in [0.25, 0.3) is 0 Å². The topological polar surface area (TPSA) is 20.3 Å². The fourth-order valence-corrected chi connectivity index (χ4v) is 3.73. The van der Waals surface area contributed by atoms with Crippen molar-refractivity contribution in [3.8, 4) is 0 Å². The second-order valence-electron chi connectivity index (χ2n) is 4.92. The Labute approximate surface area is 116 Å². The quantitative estimate of drug-likeness (QED) is 0.837. The molecular weight excluding hydrogens is 254 g/mol. The maximum absolute atomic E-state index is 12.6. The zero-order valence-corrected chi connectivity index (χ0v) is 11.8. The highest BCUT2D eigenvalue weighted by Gasteiger charge is 2.34. The molecule has 1 heterocycles. The van der Waals surface area contributed by atoms with Crippen LogP contribution in [0.15, 0.2) is 59.5 Å². The summed E-state index contributed by atoms with van der Waals surface area (Å²) in [5.41, 5.74) is 2.46. The molecule has 1 unspecified atom stereocenters. The third kappa shape index (κ3) is 2.48. The van der Waals surface area contributed by atoms with Gasteiger partial charge in [-0.1, -0.05) is 48.0 Å². The van der Waals surface area contributed by atoms with Crippen LogP contribution in [0.3, 0.4) is 0 Å². The predicted molar refractivity (Wildman–Crippen MR) is 78.1 cm³/mol. The summed E-state index contributed by atoms with van der Waals surface area (Å²) in [6.07, 6.45) is 1.08. The molecule has 1 aliphatic rings. The SMILES string of the molecule is Cc1ccc(S(=O)N2CC[C@@H]2c2ccccc2)cc1. The molecule has 0 saturated carbocycles. The molecule has 3 heteroatoms. The Morgan fingerprint density at radius 1 is 1.05 bits per heavy atom. The smallest absolute Gasteiger partial charge is 0.128 e. The molecule has 1 aliphatic heterocycles. The maximum Gasteiger partial charge on any atom is 0.128 e. The van der Waals surface area contributed by atoms with E-state index in [2.05, 4.69) is 16.4 Å². The number of rotatable bonds is 3. The monoisotopic (exact) mass is 271 g/mol. The summed E-state index contributed by atoms with van der Waals surface area (Å²) in [5.74, 6) is 0. The van der Waals surface area contributed by atoms with E-state index in [9.17, 15) is 4.21 Å². The lowest BCUT2D eigenvalue weighted by molar-refractivity contribution is 0.213. The standard InChI is InChI=1S/C16H17NOS/c1-13-7-9-15(10-8-13)19(18)17-12-11-16(17)14-5-3-2-4-6-14/h2-10,16H,11-12H2,1H3/t16-,19?/m1/s1. The molecule has 98 valence electrons. The van der Waals surface area contributed by atoms with Crippen LogP contribution in [0.2, 0.25) is 0 Å². The van der Waals surface area contributed by atoms with Crippen molar-refractivity contribution in [1.82, 2.24) is 4.31 Å². The number of hydrogen-bond donors (Lipinski definition) is 0. The van der Waals surface area contributed by atoms with Gasteiger partial charge in [0.1, 0.15) is 11.0 Å². The summed E-state index contributed by atoms with van der Waals surface area (Å²) in [6.45, 7) is 2.95. The van der Waals surface area contributed by atoms with Gasteiger partial charge in [-0.05, 0) is 31.0 Å². The molecule has 0 bridgehead atoms. The van der Waals surface area contributed by atoms with Gasteiger partial charge in [-0.15, -0.1) is 0 Å². The predicted octanol–water partition coefficient (Wildman–Crippen LogP) is 3.46. The number of nitrogens with zero attached hydrogens (tertiary/aromatic N) is 1. The summed E-state index contributed by atoms with van der Waals surface area (Å²) >= 11 is 0. The van der Waals surface area contributed by atoms with Crippen LogP contribution in [0.1, 0.15) is 23.6 Å². The zero-order valence-electron chi connectivity index (χ0n) is 11.0. The molecule has 1 fully saturated rings. The molecular formula is C16H17NOS. The Morgan fingerprint density at radius 2 is 1.74 bits per heavy atom. The molecule has 2 atom stereocenters. The Bertz CT molecular complexity index is 579. The van der Waals surface area contributed by atoms with E-state index in [1.165, 1.54) is 11.1 Å². The van der Waals surface area contributed by atoms with Crippen LogP contribution < -0.4 is 0 Å². The zero-order chi connectivity index (χ0) is 13.2. The Kier molecular flexibility index (Phi) is 3.49. The van der Waals surface area contributed by atoms with E-state index in [-0.39, 0.29) is 0 Å². The van der Waals surface area contributed by atoms with E-state index in [1.807, 2.05) is 49.4 Å². The Morgan fingerprint density at radius 3 is 2.32 bits per heavy atom. The number of aryl methyl sites for hydroxylation is 1. The number of hydrogen-bond acceptors (Lipinski definition) is 1. The molecule has 0 spiro atoms. The molecule has 0 amide bonds. The summed E-state index contributed by atoms with van der Waals surface area (Å²) in [6, 6.07) is 18.6. The summed E-state index contributed by atoms with van der Waals surface area (Å²) in [5, 5.41) is 0. The van der Waals surface area contributed by atoms with Crippen molar-refractivity contribution in [2.45, 2.75) is 24.3 Å². The molecule has 0 N–H and O–H groups in total.